The molecule has 0 unspecified atom stereocenters. The van der Waals surface area contributed by atoms with Gasteiger partial charge in [-0.1, -0.05) is 12.1 Å². The smallest absolute Gasteiger partial charge is 0.431 e. The molecule has 1 aromatic carbocycles. The average molecular weight is 450 g/mol. The van der Waals surface area contributed by atoms with Crippen LogP contribution in [0.2, 0.25) is 0 Å². The number of aromatic amines is 1. The number of hydrogen-bond donors (Lipinski definition) is 3. The van der Waals surface area contributed by atoms with E-state index in [0.29, 0.717) is 11.3 Å². The maximum absolute atomic E-state index is 13.4. The number of aliphatic hydroxyl groups excluding tert-OH is 1. The van der Waals surface area contributed by atoms with Gasteiger partial charge in [-0.2, -0.15) is 13.2 Å². The van der Waals surface area contributed by atoms with Gasteiger partial charge in [0.25, 0.3) is 11.5 Å². The fourth-order valence-electron chi connectivity index (χ4n) is 2.69. The monoisotopic (exact) mass is 450 g/mol. The van der Waals surface area contributed by atoms with Crippen LogP contribution >= 0.6 is 0 Å². The van der Waals surface area contributed by atoms with Crippen molar-refractivity contribution in [3.05, 3.63) is 69.9 Å². The van der Waals surface area contributed by atoms with Gasteiger partial charge in [-0.3, -0.25) is 9.59 Å². The predicted octanol–water partition coefficient (Wildman–Crippen LogP) is 1.90. The zero-order valence-electron chi connectivity index (χ0n) is 16.3. The Hall–Kier alpha value is -3.93. The molecule has 0 bridgehead atoms. The molecule has 0 atom stereocenters. The van der Waals surface area contributed by atoms with Gasteiger partial charge < -0.3 is 25.3 Å². The Morgan fingerprint density at radius 2 is 1.78 bits per heavy atom. The van der Waals surface area contributed by atoms with Crippen LogP contribution in [-0.2, 0) is 12.8 Å². The molecule has 168 valence electrons. The second-order valence-electron chi connectivity index (χ2n) is 6.42. The normalized spacial score (nSPS) is 11.2. The number of nitrogens with two attached hydrogens (primary N) is 1. The summed E-state index contributed by atoms with van der Waals surface area (Å²) in [6.45, 7) is -0.0238. The lowest BCUT2D eigenvalue weighted by atomic mass is 10.0. The van der Waals surface area contributed by atoms with Crippen LogP contribution in [0, 0.1) is 0 Å². The molecule has 12 heteroatoms. The first kappa shape index (κ1) is 22.7. The van der Waals surface area contributed by atoms with E-state index in [-0.39, 0.29) is 31.4 Å². The molecule has 0 saturated carbocycles. The van der Waals surface area contributed by atoms with E-state index in [9.17, 15) is 22.8 Å². The van der Waals surface area contributed by atoms with Gasteiger partial charge in [0.15, 0.2) is 0 Å². The van der Waals surface area contributed by atoms with Gasteiger partial charge in [0.2, 0.25) is 0 Å². The van der Waals surface area contributed by atoms with Crippen LogP contribution in [0.4, 0.5) is 13.2 Å². The van der Waals surface area contributed by atoms with Crippen LogP contribution in [0.1, 0.15) is 21.6 Å². The third kappa shape index (κ3) is 5.40. The quantitative estimate of drug-likeness (QED) is 0.476. The Kier molecular flexibility index (Phi) is 6.73. The van der Waals surface area contributed by atoms with E-state index in [2.05, 4.69) is 9.97 Å². The summed E-state index contributed by atoms with van der Waals surface area (Å²) >= 11 is 0. The van der Waals surface area contributed by atoms with Gasteiger partial charge in [-0.15, -0.1) is 0 Å². The number of nitrogens with zero attached hydrogens (tertiary/aromatic N) is 2. The minimum absolute atomic E-state index is 0.0640. The van der Waals surface area contributed by atoms with E-state index in [1.807, 2.05) is 0 Å². The van der Waals surface area contributed by atoms with Crippen LogP contribution in [-0.4, -0.2) is 39.2 Å². The molecule has 0 radical (unpaired) electrons. The van der Waals surface area contributed by atoms with Crippen molar-refractivity contribution in [2.45, 2.75) is 12.8 Å². The number of H-pyrrole nitrogens is 1. The highest BCUT2D eigenvalue weighted by Crippen LogP contribution is 2.35. The summed E-state index contributed by atoms with van der Waals surface area (Å²) < 4.78 is 50.8. The van der Waals surface area contributed by atoms with Gasteiger partial charge in [0.05, 0.1) is 6.61 Å². The van der Waals surface area contributed by atoms with Crippen LogP contribution in [0.15, 0.2) is 47.5 Å². The molecule has 2 heterocycles. The number of halogens is 3. The van der Waals surface area contributed by atoms with Crippen molar-refractivity contribution < 1.29 is 32.5 Å². The first-order valence-electron chi connectivity index (χ1n) is 9.11. The highest BCUT2D eigenvalue weighted by molar-refractivity contribution is 5.94. The van der Waals surface area contributed by atoms with Crippen molar-refractivity contribution in [3.8, 4) is 22.9 Å². The van der Waals surface area contributed by atoms with E-state index in [0.717, 1.165) is 6.07 Å². The SMILES string of the molecule is NC(=O)c1cc(-c2ccc(OCc3cnc(OCCO)nc3)cc2)c(C(F)(F)F)[nH]c1=O. The molecule has 0 spiro atoms. The van der Waals surface area contributed by atoms with E-state index >= 15 is 0 Å². The molecule has 1 amide bonds. The number of hydrogen-bond acceptors (Lipinski definition) is 7. The van der Waals surface area contributed by atoms with Crippen LogP contribution in [0.3, 0.4) is 0 Å². The maximum atomic E-state index is 13.4. The fraction of sp³-hybridized carbons (Fsp3) is 0.200. The number of carbonyl (C=O) groups excluding carboxylic acids is 1. The topological polar surface area (TPSA) is 140 Å². The third-order valence-electron chi connectivity index (χ3n) is 4.16. The summed E-state index contributed by atoms with van der Waals surface area (Å²) in [5.74, 6) is -0.793. The third-order valence-corrected chi connectivity index (χ3v) is 4.16. The van der Waals surface area contributed by atoms with Crippen molar-refractivity contribution in [1.82, 2.24) is 15.0 Å². The number of nitrogens with one attached hydrogen (secondary N) is 1. The predicted molar refractivity (Wildman–Crippen MR) is 105 cm³/mol. The Labute approximate surface area is 178 Å². The summed E-state index contributed by atoms with van der Waals surface area (Å²) in [5, 5.41) is 8.70. The molecule has 0 aliphatic heterocycles. The van der Waals surface area contributed by atoms with Gasteiger partial charge in [0, 0.05) is 23.5 Å². The Balaban J connectivity index is 1.79. The minimum Gasteiger partial charge on any atom is -0.489 e. The summed E-state index contributed by atoms with van der Waals surface area (Å²) in [6.07, 6.45) is -1.92. The first-order chi connectivity index (χ1) is 15.2. The standard InChI is InChI=1S/C20H17F3N4O5/c21-20(22,23)16-14(7-15(17(24)29)18(30)27-16)12-1-3-13(4-2-12)32-10-11-8-25-19(26-9-11)31-6-5-28/h1-4,7-9,28H,5-6,10H2,(H2,24,29)(H,27,30). The van der Waals surface area contributed by atoms with E-state index < -0.39 is 34.5 Å². The van der Waals surface area contributed by atoms with Gasteiger partial charge in [0.1, 0.15) is 30.2 Å². The number of rotatable bonds is 8. The summed E-state index contributed by atoms with van der Waals surface area (Å²) in [5.41, 5.74) is 2.29. The minimum atomic E-state index is -4.85. The Morgan fingerprint density at radius 1 is 1.12 bits per heavy atom. The second-order valence-corrected chi connectivity index (χ2v) is 6.42. The summed E-state index contributed by atoms with van der Waals surface area (Å²) in [7, 11) is 0. The number of aromatic nitrogens is 3. The lowest BCUT2D eigenvalue weighted by Crippen LogP contribution is -2.27. The highest BCUT2D eigenvalue weighted by atomic mass is 19.4. The van der Waals surface area contributed by atoms with Crippen molar-refractivity contribution in [2.75, 3.05) is 13.2 Å². The van der Waals surface area contributed by atoms with E-state index in [1.165, 1.54) is 36.7 Å². The van der Waals surface area contributed by atoms with Crippen LogP contribution < -0.4 is 20.8 Å². The molecule has 9 nitrogen and oxygen atoms in total. The molecular weight excluding hydrogens is 433 g/mol. The van der Waals surface area contributed by atoms with Crippen LogP contribution in [0.25, 0.3) is 11.1 Å². The van der Waals surface area contributed by atoms with E-state index in [4.69, 9.17) is 20.3 Å². The molecule has 0 saturated heterocycles. The molecule has 0 aliphatic carbocycles. The van der Waals surface area contributed by atoms with Gasteiger partial charge in [-0.05, 0) is 23.8 Å². The largest absolute Gasteiger partial charge is 0.489 e. The molecule has 4 N–H and O–H groups in total. The fourth-order valence-corrected chi connectivity index (χ4v) is 2.69. The van der Waals surface area contributed by atoms with E-state index in [1.54, 1.807) is 4.98 Å². The molecular formula is C20H17F3N4O5. The van der Waals surface area contributed by atoms with Gasteiger partial charge >= 0.3 is 12.2 Å². The summed E-state index contributed by atoms with van der Waals surface area (Å²) in [4.78, 5) is 32.7. The Morgan fingerprint density at radius 3 is 2.34 bits per heavy atom. The van der Waals surface area contributed by atoms with Gasteiger partial charge in [-0.25, -0.2) is 9.97 Å². The number of ether oxygens (including phenoxy) is 2. The zero-order chi connectivity index (χ0) is 23.3. The number of alkyl halides is 3. The highest BCUT2D eigenvalue weighted by Gasteiger charge is 2.36. The molecule has 2 aromatic heterocycles. The molecule has 0 aliphatic rings. The van der Waals surface area contributed by atoms with Crippen molar-refractivity contribution in [1.29, 1.82) is 0 Å². The number of carbonyl (C=O) groups is 1. The average Bonchev–Trinajstić information content (AvgIpc) is 2.76. The Bertz CT molecular complexity index is 1150. The lowest BCUT2D eigenvalue weighted by Gasteiger charge is -2.14. The first-order valence-corrected chi connectivity index (χ1v) is 9.11. The number of benzene rings is 1. The molecule has 3 rings (SSSR count). The number of amides is 1. The van der Waals surface area contributed by atoms with Crippen molar-refractivity contribution in [3.63, 3.8) is 0 Å². The van der Waals surface area contributed by atoms with Crippen LogP contribution in [0.5, 0.6) is 11.8 Å². The van der Waals surface area contributed by atoms with Crippen molar-refractivity contribution in [2.24, 2.45) is 5.73 Å². The lowest BCUT2D eigenvalue weighted by molar-refractivity contribution is -0.140. The number of pyridine rings is 1. The van der Waals surface area contributed by atoms with Crippen molar-refractivity contribution >= 4 is 5.91 Å². The molecule has 3 aromatic rings. The maximum Gasteiger partial charge on any atom is 0.431 e. The molecule has 0 fully saturated rings. The summed E-state index contributed by atoms with van der Waals surface area (Å²) in [6, 6.07) is 6.49. The second kappa shape index (κ2) is 9.47. The number of aliphatic hydroxyl groups is 1. The number of primary amides is 1. The molecule has 32 heavy (non-hydrogen) atoms. The zero-order valence-corrected chi connectivity index (χ0v) is 16.3.